The van der Waals surface area contributed by atoms with Crippen LogP contribution in [0.4, 0.5) is 13.2 Å². The van der Waals surface area contributed by atoms with Gasteiger partial charge in [0.2, 0.25) is 0 Å². The van der Waals surface area contributed by atoms with Crippen molar-refractivity contribution in [2.45, 2.75) is 62.8 Å². The summed E-state index contributed by atoms with van der Waals surface area (Å²) < 4.78 is 56.7. The molecule has 3 atom stereocenters. The minimum absolute atomic E-state index is 0.0295. The molecule has 2 heterocycles. The van der Waals surface area contributed by atoms with E-state index in [0.29, 0.717) is 10.8 Å². The van der Waals surface area contributed by atoms with Gasteiger partial charge in [-0.1, -0.05) is 18.8 Å². The summed E-state index contributed by atoms with van der Waals surface area (Å²) in [5.74, 6) is 2.31. The standard InChI is InChI=1S/C19H22F3N3O5S/c1-2-7-28-13-8-15(25-9-12(19(20,21)22)16(26)24-17(25)27)30-14(13)10-29-18(31)23-11-5-3-4-6-11/h1,9,11,13-15H,3-8,10H2,(H,23,31)(H,24,26,27)/t13-,14+,15+/m0/s1. The molecule has 2 N–H and O–H groups in total. The molecule has 1 aromatic rings. The van der Waals surface area contributed by atoms with E-state index >= 15 is 0 Å². The fraction of sp³-hybridized carbons (Fsp3) is 0.632. The first kappa shape index (κ1) is 23.3. The Morgan fingerprint density at radius 1 is 1.39 bits per heavy atom. The summed E-state index contributed by atoms with van der Waals surface area (Å²) in [5, 5.41) is 3.29. The summed E-state index contributed by atoms with van der Waals surface area (Å²) in [5.41, 5.74) is -4.05. The molecule has 1 aromatic heterocycles. The molecule has 1 aliphatic heterocycles. The van der Waals surface area contributed by atoms with Crippen molar-refractivity contribution >= 4 is 17.4 Å². The summed E-state index contributed by atoms with van der Waals surface area (Å²) >= 11 is 5.19. The number of ether oxygens (including phenoxy) is 3. The molecule has 2 fully saturated rings. The van der Waals surface area contributed by atoms with Crippen molar-refractivity contribution in [1.82, 2.24) is 14.9 Å². The fourth-order valence-electron chi connectivity index (χ4n) is 3.69. The SMILES string of the molecule is C#CCO[C@H]1C[C@H](n2cc(C(F)(F)F)c(=O)[nH]c2=O)O[C@@H]1COC(=S)NC1CCCC1. The van der Waals surface area contributed by atoms with E-state index in [-0.39, 0.29) is 30.9 Å². The van der Waals surface area contributed by atoms with E-state index in [0.717, 1.165) is 25.7 Å². The lowest BCUT2D eigenvalue weighted by atomic mass is 10.2. The van der Waals surface area contributed by atoms with Gasteiger partial charge in [0.25, 0.3) is 10.7 Å². The van der Waals surface area contributed by atoms with Gasteiger partial charge in [0, 0.05) is 18.7 Å². The lowest BCUT2D eigenvalue weighted by Gasteiger charge is -2.20. The molecule has 1 saturated heterocycles. The van der Waals surface area contributed by atoms with Crippen LogP contribution in [0.3, 0.4) is 0 Å². The van der Waals surface area contributed by atoms with Crippen molar-refractivity contribution in [2.24, 2.45) is 0 Å². The predicted octanol–water partition coefficient (Wildman–Crippen LogP) is 1.69. The van der Waals surface area contributed by atoms with Crippen molar-refractivity contribution in [3.05, 3.63) is 32.6 Å². The monoisotopic (exact) mass is 461 g/mol. The van der Waals surface area contributed by atoms with E-state index in [1.807, 2.05) is 0 Å². The summed E-state index contributed by atoms with van der Waals surface area (Å²) in [7, 11) is 0. The highest BCUT2D eigenvalue weighted by Crippen LogP contribution is 2.32. The molecule has 12 heteroatoms. The molecule has 0 bridgehead atoms. The molecule has 0 spiro atoms. The minimum atomic E-state index is -4.93. The Labute approximate surface area is 181 Å². The summed E-state index contributed by atoms with van der Waals surface area (Å²) in [6.07, 6.45) is 2.48. The second-order valence-corrected chi connectivity index (χ2v) is 7.72. The third-order valence-corrected chi connectivity index (χ3v) is 5.44. The Hall–Kier alpha value is -2.36. The Kier molecular flexibility index (Phi) is 7.40. The van der Waals surface area contributed by atoms with Crippen LogP contribution < -0.4 is 16.6 Å². The number of aromatic nitrogens is 2. The summed E-state index contributed by atoms with van der Waals surface area (Å²) in [4.78, 5) is 25.3. The van der Waals surface area contributed by atoms with Gasteiger partial charge in [-0.05, 0) is 25.1 Å². The predicted molar refractivity (Wildman–Crippen MR) is 107 cm³/mol. The molecule has 0 amide bonds. The first-order valence-electron chi connectivity index (χ1n) is 9.75. The number of nitrogens with zero attached hydrogens (tertiary/aromatic N) is 1. The van der Waals surface area contributed by atoms with Crippen molar-refractivity contribution in [3.8, 4) is 12.3 Å². The number of terminal acetylenes is 1. The number of H-pyrrole nitrogens is 1. The van der Waals surface area contributed by atoms with Gasteiger partial charge in [0.05, 0.1) is 6.10 Å². The van der Waals surface area contributed by atoms with Crippen LogP contribution in [-0.2, 0) is 20.4 Å². The zero-order valence-electron chi connectivity index (χ0n) is 16.4. The number of nitrogens with one attached hydrogen (secondary N) is 2. The van der Waals surface area contributed by atoms with Crippen LogP contribution in [0.2, 0.25) is 0 Å². The highest BCUT2D eigenvalue weighted by Gasteiger charge is 2.40. The number of thiocarbonyl (C=S) groups is 1. The Morgan fingerprint density at radius 3 is 2.74 bits per heavy atom. The molecule has 1 saturated carbocycles. The third kappa shape index (κ3) is 5.87. The average Bonchev–Trinajstić information content (AvgIpc) is 3.33. The zero-order chi connectivity index (χ0) is 22.6. The van der Waals surface area contributed by atoms with Crippen LogP contribution in [0.15, 0.2) is 15.8 Å². The van der Waals surface area contributed by atoms with Gasteiger partial charge in [0.1, 0.15) is 31.1 Å². The molecule has 2 aliphatic rings. The summed E-state index contributed by atoms with van der Waals surface area (Å²) in [6.45, 7) is -0.106. The quantitative estimate of drug-likeness (QED) is 0.492. The first-order chi connectivity index (χ1) is 14.7. The molecule has 170 valence electrons. The van der Waals surface area contributed by atoms with Gasteiger partial charge in [0.15, 0.2) is 0 Å². The van der Waals surface area contributed by atoms with Gasteiger partial charge >= 0.3 is 11.9 Å². The number of aromatic amines is 1. The lowest BCUT2D eigenvalue weighted by Crippen LogP contribution is -2.37. The Balaban J connectivity index is 1.72. The molecule has 0 radical (unpaired) electrons. The van der Waals surface area contributed by atoms with Gasteiger partial charge in [-0.25, -0.2) is 4.79 Å². The zero-order valence-corrected chi connectivity index (χ0v) is 17.3. The van der Waals surface area contributed by atoms with Crippen LogP contribution in [0.5, 0.6) is 0 Å². The number of rotatable bonds is 6. The average molecular weight is 461 g/mol. The van der Waals surface area contributed by atoms with E-state index in [9.17, 15) is 22.8 Å². The molecule has 31 heavy (non-hydrogen) atoms. The smallest absolute Gasteiger partial charge is 0.423 e. The highest BCUT2D eigenvalue weighted by atomic mass is 32.1. The molecular formula is C19H22F3N3O5S. The third-order valence-electron chi connectivity index (χ3n) is 5.20. The molecule has 1 aliphatic carbocycles. The molecule has 3 rings (SSSR count). The van der Waals surface area contributed by atoms with Crippen molar-refractivity contribution < 1.29 is 27.4 Å². The molecule has 8 nitrogen and oxygen atoms in total. The largest absolute Gasteiger partial charge is 0.468 e. The first-order valence-corrected chi connectivity index (χ1v) is 10.2. The Bertz CT molecular complexity index is 949. The maximum absolute atomic E-state index is 13.1. The molecular weight excluding hydrogens is 439 g/mol. The van der Waals surface area contributed by atoms with Crippen molar-refractivity contribution in [3.63, 3.8) is 0 Å². The highest BCUT2D eigenvalue weighted by molar-refractivity contribution is 7.80. The van der Waals surface area contributed by atoms with E-state index in [1.54, 1.807) is 4.98 Å². The second kappa shape index (κ2) is 9.84. The number of alkyl halides is 3. The summed E-state index contributed by atoms with van der Waals surface area (Å²) in [6, 6.07) is 0.249. The van der Waals surface area contributed by atoms with Crippen molar-refractivity contribution in [2.75, 3.05) is 13.2 Å². The topological polar surface area (TPSA) is 94.6 Å². The van der Waals surface area contributed by atoms with E-state index in [4.69, 9.17) is 32.9 Å². The van der Waals surface area contributed by atoms with Gasteiger partial charge in [-0.3, -0.25) is 14.3 Å². The maximum atomic E-state index is 13.1. The van der Waals surface area contributed by atoms with E-state index in [2.05, 4.69) is 11.2 Å². The van der Waals surface area contributed by atoms with Crippen LogP contribution in [0.25, 0.3) is 0 Å². The van der Waals surface area contributed by atoms with Crippen molar-refractivity contribution in [1.29, 1.82) is 0 Å². The fourth-order valence-corrected chi connectivity index (χ4v) is 3.92. The van der Waals surface area contributed by atoms with Gasteiger partial charge < -0.3 is 19.5 Å². The number of hydrogen-bond donors (Lipinski definition) is 2. The van der Waals surface area contributed by atoms with Gasteiger partial charge in [-0.2, -0.15) is 13.2 Å². The van der Waals surface area contributed by atoms with Gasteiger partial charge in [-0.15, -0.1) is 6.42 Å². The second-order valence-electron chi connectivity index (χ2n) is 7.35. The van der Waals surface area contributed by atoms with Crippen LogP contribution in [0, 0.1) is 12.3 Å². The van der Waals surface area contributed by atoms with Crippen LogP contribution >= 0.6 is 12.2 Å². The normalized spacial score (nSPS) is 24.1. The number of halogens is 3. The maximum Gasteiger partial charge on any atom is 0.423 e. The van der Waals surface area contributed by atoms with Crippen LogP contribution in [0.1, 0.15) is 43.9 Å². The number of hydrogen-bond acceptors (Lipinski definition) is 6. The van der Waals surface area contributed by atoms with Crippen LogP contribution in [-0.4, -0.2) is 46.2 Å². The Morgan fingerprint density at radius 2 is 2.10 bits per heavy atom. The van der Waals surface area contributed by atoms with E-state index < -0.39 is 41.4 Å². The lowest BCUT2D eigenvalue weighted by molar-refractivity contribution is -0.139. The van der Waals surface area contributed by atoms with E-state index in [1.165, 1.54) is 0 Å². The minimum Gasteiger partial charge on any atom is -0.468 e. The molecule has 0 aromatic carbocycles. The molecule has 0 unspecified atom stereocenters.